The number of unbranched alkanes of at least 4 members (excludes halogenated alkanes) is 3. The van der Waals surface area contributed by atoms with Crippen molar-refractivity contribution in [1.29, 1.82) is 0 Å². The van der Waals surface area contributed by atoms with Gasteiger partial charge in [0.05, 0.1) is 12.0 Å². The number of rotatable bonds is 10. The number of carbonyl (C=O) groups is 1. The van der Waals surface area contributed by atoms with Gasteiger partial charge in [0.2, 0.25) is 0 Å². The summed E-state index contributed by atoms with van der Waals surface area (Å²) < 4.78 is 7.01. The van der Waals surface area contributed by atoms with Gasteiger partial charge >= 0.3 is 5.97 Å². The highest BCUT2D eigenvalue weighted by atomic mass is 32.2. The normalized spacial score (nSPS) is 11.6. The molecule has 7 heteroatoms. The number of esters is 1. The average Bonchev–Trinajstić information content (AvgIpc) is 2.87. The van der Waals surface area contributed by atoms with Crippen LogP contribution in [0.4, 0.5) is 0 Å². The molecule has 0 aliphatic rings. The molecule has 21 heavy (non-hydrogen) atoms. The number of hydrogen-bond acceptors (Lipinski definition) is 7. The van der Waals surface area contributed by atoms with Crippen molar-refractivity contribution >= 4 is 41.7 Å². The van der Waals surface area contributed by atoms with Crippen LogP contribution in [0.1, 0.15) is 52.9 Å². The van der Waals surface area contributed by atoms with Crippen LogP contribution in [0, 0.1) is 5.41 Å². The molecular weight excluding hydrogens is 324 g/mol. The third-order valence-electron chi connectivity index (χ3n) is 3.33. The number of carbonyl (C=O) groups excluding carboxylic acids is 1. The van der Waals surface area contributed by atoms with E-state index in [1.165, 1.54) is 11.3 Å². The van der Waals surface area contributed by atoms with E-state index in [0.29, 0.717) is 10.9 Å². The van der Waals surface area contributed by atoms with Gasteiger partial charge in [-0.1, -0.05) is 42.9 Å². The standard InChI is InChI=1S/C14H24N2O2S3/c1-4-14(2,3)11(17)18-9-7-5-6-8-10-20-13-16-15-12(19)21-13/h4-10H2,1-3H3,(H,15,19). The molecule has 0 aliphatic heterocycles. The summed E-state index contributed by atoms with van der Waals surface area (Å²) in [5.74, 6) is 0.963. The van der Waals surface area contributed by atoms with Gasteiger partial charge in [0, 0.05) is 5.75 Å². The Labute approximate surface area is 140 Å². The largest absolute Gasteiger partial charge is 0.465 e. The van der Waals surface area contributed by atoms with Crippen LogP contribution in [-0.4, -0.2) is 28.5 Å². The van der Waals surface area contributed by atoms with Gasteiger partial charge in [-0.15, -0.1) is 22.8 Å². The topological polar surface area (TPSA) is 52.1 Å². The van der Waals surface area contributed by atoms with E-state index in [4.69, 9.17) is 4.74 Å². The van der Waals surface area contributed by atoms with Crippen molar-refractivity contribution in [2.24, 2.45) is 5.41 Å². The number of hydrogen-bond donors (Lipinski definition) is 1. The monoisotopic (exact) mass is 348 g/mol. The van der Waals surface area contributed by atoms with Crippen LogP contribution >= 0.6 is 35.7 Å². The highest BCUT2D eigenvalue weighted by Gasteiger charge is 2.26. The van der Waals surface area contributed by atoms with E-state index in [1.807, 2.05) is 20.8 Å². The van der Waals surface area contributed by atoms with Crippen molar-refractivity contribution in [3.05, 3.63) is 0 Å². The lowest BCUT2D eigenvalue weighted by Crippen LogP contribution is -2.26. The summed E-state index contributed by atoms with van der Waals surface area (Å²) >= 11 is 7.38. The quantitative estimate of drug-likeness (QED) is 0.293. The zero-order chi connectivity index (χ0) is 15.7. The van der Waals surface area contributed by atoms with Gasteiger partial charge in [0.25, 0.3) is 0 Å². The molecule has 0 N–H and O–H groups in total. The molecule has 0 saturated heterocycles. The number of thiol groups is 1. The fraction of sp³-hybridized carbons (Fsp3) is 0.786. The molecule has 1 aromatic heterocycles. The van der Waals surface area contributed by atoms with Crippen LogP contribution in [0.25, 0.3) is 0 Å². The first-order valence-corrected chi connectivity index (χ1v) is 9.53. The maximum atomic E-state index is 11.7. The van der Waals surface area contributed by atoms with Crippen LogP contribution in [0.5, 0.6) is 0 Å². The molecule has 0 bridgehead atoms. The molecule has 0 fully saturated rings. The fourth-order valence-electron chi connectivity index (χ4n) is 1.48. The first-order chi connectivity index (χ1) is 9.95. The van der Waals surface area contributed by atoms with Gasteiger partial charge in [0.15, 0.2) is 8.68 Å². The first-order valence-electron chi connectivity index (χ1n) is 7.28. The lowest BCUT2D eigenvalue weighted by Gasteiger charge is -2.20. The van der Waals surface area contributed by atoms with Crippen molar-refractivity contribution < 1.29 is 9.53 Å². The molecule has 0 aliphatic carbocycles. The summed E-state index contributed by atoms with van der Waals surface area (Å²) in [6.07, 6.45) is 5.13. The summed E-state index contributed by atoms with van der Waals surface area (Å²) in [5, 5.41) is 7.87. The van der Waals surface area contributed by atoms with Crippen molar-refractivity contribution in [3.8, 4) is 0 Å². The third kappa shape index (κ3) is 7.51. The van der Waals surface area contributed by atoms with E-state index in [9.17, 15) is 4.79 Å². The summed E-state index contributed by atoms with van der Waals surface area (Å²) in [4.78, 5) is 11.7. The van der Waals surface area contributed by atoms with E-state index >= 15 is 0 Å². The molecule has 1 heterocycles. The summed E-state index contributed by atoms with van der Waals surface area (Å²) in [6, 6.07) is 0. The van der Waals surface area contributed by atoms with Gasteiger partial charge in [-0.25, -0.2) is 0 Å². The molecule has 0 atom stereocenters. The smallest absolute Gasteiger partial charge is 0.311 e. The zero-order valence-corrected chi connectivity index (χ0v) is 15.5. The van der Waals surface area contributed by atoms with Crippen LogP contribution < -0.4 is 0 Å². The molecular formula is C14H24N2O2S3. The Kier molecular flexibility index (Phi) is 8.66. The van der Waals surface area contributed by atoms with E-state index in [1.54, 1.807) is 11.8 Å². The minimum Gasteiger partial charge on any atom is -0.465 e. The molecule has 120 valence electrons. The molecule has 1 aromatic rings. The molecule has 0 amide bonds. The van der Waals surface area contributed by atoms with Gasteiger partial charge in [-0.2, -0.15) is 0 Å². The molecule has 0 unspecified atom stereocenters. The lowest BCUT2D eigenvalue weighted by molar-refractivity contribution is -0.154. The number of aromatic nitrogens is 2. The van der Waals surface area contributed by atoms with Crippen molar-refractivity contribution in [1.82, 2.24) is 10.2 Å². The van der Waals surface area contributed by atoms with Crippen LogP contribution in [-0.2, 0) is 9.53 Å². The number of nitrogens with zero attached hydrogens (tertiary/aromatic N) is 2. The molecule has 0 spiro atoms. The number of ether oxygens (including phenoxy) is 1. The van der Waals surface area contributed by atoms with Crippen LogP contribution in [0.15, 0.2) is 8.68 Å². The van der Waals surface area contributed by atoms with Crippen molar-refractivity contribution in [2.75, 3.05) is 12.4 Å². The second-order valence-electron chi connectivity index (χ2n) is 5.49. The molecule has 1 rings (SSSR count). The second-order valence-corrected chi connectivity index (χ2v) is 8.53. The SMILES string of the molecule is CCC(C)(C)C(=O)OCCCCCCSc1nnc(S)s1. The molecule has 0 radical (unpaired) electrons. The predicted octanol–water partition coefficient (Wildman–Crippen LogP) is 4.46. The molecule has 0 aromatic carbocycles. The average molecular weight is 349 g/mol. The van der Waals surface area contributed by atoms with Crippen LogP contribution in [0.3, 0.4) is 0 Å². The minimum absolute atomic E-state index is 0.0839. The van der Waals surface area contributed by atoms with Gasteiger partial charge in [0.1, 0.15) is 0 Å². The third-order valence-corrected chi connectivity index (χ3v) is 5.64. The maximum Gasteiger partial charge on any atom is 0.311 e. The highest BCUT2D eigenvalue weighted by Crippen LogP contribution is 2.25. The van der Waals surface area contributed by atoms with Gasteiger partial charge in [-0.3, -0.25) is 4.79 Å². The van der Waals surface area contributed by atoms with Crippen LogP contribution in [0.2, 0.25) is 0 Å². The highest BCUT2D eigenvalue weighted by molar-refractivity contribution is 8.01. The van der Waals surface area contributed by atoms with E-state index in [-0.39, 0.29) is 11.4 Å². The Morgan fingerprint density at radius 2 is 2.00 bits per heavy atom. The van der Waals surface area contributed by atoms with Gasteiger partial charge in [-0.05, 0) is 33.1 Å². The Bertz CT molecular complexity index is 436. The molecule has 4 nitrogen and oxygen atoms in total. The Morgan fingerprint density at radius 3 is 2.62 bits per heavy atom. The fourth-order valence-corrected chi connectivity index (χ4v) is 3.64. The minimum atomic E-state index is -0.357. The Hall–Kier alpha value is -0.270. The summed E-state index contributed by atoms with van der Waals surface area (Å²) in [6.45, 7) is 6.40. The Morgan fingerprint density at radius 1 is 1.29 bits per heavy atom. The zero-order valence-electron chi connectivity index (χ0n) is 12.9. The van der Waals surface area contributed by atoms with Crippen molar-refractivity contribution in [2.45, 2.75) is 61.6 Å². The van der Waals surface area contributed by atoms with E-state index in [0.717, 1.165) is 42.2 Å². The maximum absolute atomic E-state index is 11.7. The number of thioether (sulfide) groups is 1. The van der Waals surface area contributed by atoms with Gasteiger partial charge < -0.3 is 4.74 Å². The summed E-state index contributed by atoms with van der Waals surface area (Å²) in [5.41, 5.74) is -0.357. The van der Waals surface area contributed by atoms with E-state index < -0.39 is 0 Å². The first kappa shape index (κ1) is 18.8. The Balaban J connectivity index is 1.96. The predicted molar refractivity (Wildman–Crippen MR) is 91.4 cm³/mol. The van der Waals surface area contributed by atoms with Crippen molar-refractivity contribution in [3.63, 3.8) is 0 Å². The summed E-state index contributed by atoms with van der Waals surface area (Å²) in [7, 11) is 0. The van der Waals surface area contributed by atoms with E-state index in [2.05, 4.69) is 22.8 Å². The molecule has 0 saturated carbocycles. The lowest BCUT2D eigenvalue weighted by atomic mass is 9.91. The second kappa shape index (κ2) is 9.69.